The highest BCUT2D eigenvalue weighted by Gasteiger charge is 2.39. The summed E-state index contributed by atoms with van der Waals surface area (Å²) in [5, 5.41) is 0. The van der Waals surface area contributed by atoms with E-state index in [9.17, 15) is 12.8 Å². The number of nitrogens with zero attached hydrogens (tertiary/aromatic N) is 3. The van der Waals surface area contributed by atoms with Crippen LogP contribution in [0.15, 0.2) is 30.6 Å². The number of pyridine rings is 1. The third-order valence-electron chi connectivity index (χ3n) is 4.21. The maximum absolute atomic E-state index is 13.4. The van der Waals surface area contributed by atoms with Crippen molar-refractivity contribution in [3.05, 3.63) is 47.5 Å². The molecule has 22 heavy (non-hydrogen) atoms. The number of rotatable bonds is 1. The molecule has 0 saturated heterocycles. The fourth-order valence-electron chi connectivity index (χ4n) is 3.18. The molecule has 5 nitrogen and oxygen atoms in total. The highest BCUT2D eigenvalue weighted by atomic mass is 32.2. The van der Waals surface area contributed by atoms with Crippen molar-refractivity contribution in [3.63, 3.8) is 0 Å². The Morgan fingerprint density at radius 3 is 2.68 bits per heavy atom. The Morgan fingerprint density at radius 2 is 1.91 bits per heavy atom. The highest BCUT2D eigenvalue weighted by molar-refractivity contribution is 7.90. The second-order valence-electron chi connectivity index (χ2n) is 5.62. The van der Waals surface area contributed by atoms with Crippen LogP contribution < -0.4 is 4.31 Å². The van der Waals surface area contributed by atoms with Gasteiger partial charge in [-0.15, -0.1) is 0 Å². The summed E-state index contributed by atoms with van der Waals surface area (Å²) in [6.45, 7) is 0.789. The summed E-state index contributed by atoms with van der Waals surface area (Å²) in [6, 6.07) is 5.31. The molecule has 0 amide bonds. The van der Waals surface area contributed by atoms with Crippen LogP contribution in [0.25, 0.3) is 11.1 Å². The molecule has 0 fully saturated rings. The maximum Gasteiger partial charge on any atom is 0.304 e. The van der Waals surface area contributed by atoms with Crippen molar-refractivity contribution in [1.29, 1.82) is 0 Å². The van der Waals surface area contributed by atoms with Gasteiger partial charge < -0.3 is 0 Å². The first-order valence-electron chi connectivity index (χ1n) is 6.97. The van der Waals surface area contributed by atoms with E-state index in [1.165, 1.54) is 20.9 Å². The molecule has 2 aliphatic rings. The Morgan fingerprint density at radius 1 is 1.14 bits per heavy atom. The van der Waals surface area contributed by atoms with Crippen LogP contribution in [0.4, 0.5) is 10.1 Å². The molecule has 1 aromatic heterocycles. The van der Waals surface area contributed by atoms with Gasteiger partial charge in [0.2, 0.25) is 0 Å². The lowest BCUT2D eigenvalue weighted by Gasteiger charge is -2.33. The maximum atomic E-state index is 13.4. The highest BCUT2D eigenvalue weighted by Crippen LogP contribution is 2.41. The molecule has 4 rings (SSSR count). The van der Waals surface area contributed by atoms with Crippen LogP contribution in [0.2, 0.25) is 0 Å². The minimum Gasteiger partial charge on any atom is -0.261 e. The third-order valence-corrected chi connectivity index (χ3v) is 6.04. The van der Waals surface area contributed by atoms with E-state index in [4.69, 9.17) is 0 Å². The van der Waals surface area contributed by atoms with Crippen LogP contribution in [0.1, 0.15) is 11.1 Å². The predicted molar refractivity (Wildman–Crippen MR) is 81.1 cm³/mol. The lowest BCUT2D eigenvalue weighted by Crippen LogP contribution is -2.44. The summed E-state index contributed by atoms with van der Waals surface area (Å²) in [7, 11) is -1.83. The van der Waals surface area contributed by atoms with Crippen LogP contribution >= 0.6 is 0 Å². The zero-order chi connectivity index (χ0) is 15.5. The number of aromatic nitrogens is 1. The van der Waals surface area contributed by atoms with Gasteiger partial charge in [-0.3, -0.25) is 9.29 Å². The summed E-state index contributed by atoms with van der Waals surface area (Å²) in [5.41, 5.74) is 4.31. The standard InChI is InChI=1S/C15H14FN3O2S/c1-18-9-13-5-11(12-6-14(16)8-17-7-12)4-10-2-3-19(15(10)13)22(18,20)21/h4-8H,2-3,9H2,1H3. The molecule has 0 radical (unpaired) electrons. The Kier molecular flexibility index (Phi) is 2.79. The molecule has 7 heteroatoms. The van der Waals surface area contributed by atoms with Gasteiger partial charge in [0.15, 0.2) is 0 Å². The number of benzene rings is 1. The molecule has 0 unspecified atom stereocenters. The van der Waals surface area contributed by atoms with Crippen LogP contribution in [0.5, 0.6) is 0 Å². The average Bonchev–Trinajstić information content (AvgIpc) is 2.91. The van der Waals surface area contributed by atoms with Gasteiger partial charge in [0.1, 0.15) is 5.82 Å². The van der Waals surface area contributed by atoms with Gasteiger partial charge in [0, 0.05) is 31.9 Å². The van der Waals surface area contributed by atoms with E-state index in [-0.39, 0.29) is 5.82 Å². The zero-order valence-corrected chi connectivity index (χ0v) is 12.8. The van der Waals surface area contributed by atoms with Crippen molar-refractivity contribution in [2.24, 2.45) is 0 Å². The summed E-state index contributed by atoms with van der Waals surface area (Å²) >= 11 is 0. The fraction of sp³-hybridized carbons (Fsp3) is 0.267. The molecule has 3 heterocycles. The fourth-order valence-corrected chi connectivity index (χ4v) is 4.61. The summed E-state index contributed by atoms with van der Waals surface area (Å²) < 4.78 is 40.9. The minimum atomic E-state index is -3.40. The van der Waals surface area contributed by atoms with E-state index < -0.39 is 10.2 Å². The molecular formula is C15H14FN3O2S. The smallest absolute Gasteiger partial charge is 0.261 e. The molecule has 0 bridgehead atoms. The molecule has 114 valence electrons. The first-order valence-corrected chi connectivity index (χ1v) is 8.37. The van der Waals surface area contributed by atoms with Gasteiger partial charge in [-0.1, -0.05) is 0 Å². The Bertz CT molecular complexity index is 882. The molecule has 2 aromatic rings. The van der Waals surface area contributed by atoms with E-state index in [1.54, 1.807) is 13.2 Å². The second kappa shape index (κ2) is 4.50. The van der Waals surface area contributed by atoms with Gasteiger partial charge in [-0.05, 0) is 41.3 Å². The largest absolute Gasteiger partial charge is 0.304 e. The Balaban J connectivity index is 1.90. The number of anilines is 1. The van der Waals surface area contributed by atoms with Crippen molar-refractivity contribution in [1.82, 2.24) is 9.29 Å². The van der Waals surface area contributed by atoms with E-state index in [0.29, 0.717) is 25.1 Å². The molecule has 1 aromatic carbocycles. The first kappa shape index (κ1) is 13.7. The summed E-state index contributed by atoms with van der Waals surface area (Å²) in [6.07, 6.45) is 3.46. The average molecular weight is 319 g/mol. The Labute approximate surface area is 128 Å². The SMILES string of the molecule is CN1Cc2cc(-c3cncc(F)c3)cc3c2N(CC3)S1(=O)=O. The monoisotopic (exact) mass is 319 g/mol. The van der Waals surface area contributed by atoms with E-state index >= 15 is 0 Å². The predicted octanol–water partition coefficient (Wildman–Crippen LogP) is 1.94. The molecule has 0 N–H and O–H groups in total. The second-order valence-corrected chi connectivity index (χ2v) is 7.58. The number of hydrogen-bond acceptors (Lipinski definition) is 3. The number of halogens is 1. The van der Waals surface area contributed by atoms with Crippen LogP contribution in [-0.4, -0.2) is 31.3 Å². The zero-order valence-electron chi connectivity index (χ0n) is 12.0. The quantitative estimate of drug-likeness (QED) is 0.807. The lowest BCUT2D eigenvalue weighted by atomic mass is 9.98. The normalized spacial score (nSPS) is 19.3. The minimum absolute atomic E-state index is 0.331. The van der Waals surface area contributed by atoms with E-state index in [1.807, 2.05) is 12.1 Å². The molecule has 0 atom stereocenters. The van der Waals surface area contributed by atoms with E-state index in [2.05, 4.69) is 4.98 Å². The molecule has 2 aliphatic heterocycles. The van der Waals surface area contributed by atoms with Gasteiger partial charge >= 0.3 is 10.2 Å². The van der Waals surface area contributed by atoms with Crippen molar-refractivity contribution >= 4 is 15.9 Å². The molecule has 0 aliphatic carbocycles. The van der Waals surface area contributed by atoms with Crippen LogP contribution in [0.3, 0.4) is 0 Å². The van der Waals surface area contributed by atoms with Gasteiger partial charge in [-0.25, -0.2) is 4.39 Å². The van der Waals surface area contributed by atoms with Gasteiger partial charge in [0.25, 0.3) is 0 Å². The van der Waals surface area contributed by atoms with Crippen molar-refractivity contribution in [2.45, 2.75) is 13.0 Å². The topological polar surface area (TPSA) is 53.5 Å². The van der Waals surface area contributed by atoms with Crippen molar-refractivity contribution in [3.8, 4) is 11.1 Å². The lowest BCUT2D eigenvalue weighted by molar-refractivity contribution is 0.456. The third kappa shape index (κ3) is 1.85. The van der Waals surface area contributed by atoms with Crippen LogP contribution in [-0.2, 0) is 23.2 Å². The van der Waals surface area contributed by atoms with Crippen molar-refractivity contribution < 1.29 is 12.8 Å². The molecular weight excluding hydrogens is 305 g/mol. The van der Waals surface area contributed by atoms with Gasteiger partial charge in [-0.2, -0.15) is 12.7 Å². The van der Waals surface area contributed by atoms with Gasteiger partial charge in [0.05, 0.1) is 11.9 Å². The van der Waals surface area contributed by atoms with E-state index in [0.717, 1.165) is 22.4 Å². The van der Waals surface area contributed by atoms with Crippen molar-refractivity contribution in [2.75, 3.05) is 17.9 Å². The molecule has 0 saturated carbocycles. The first-order chi connectivity index (χ1) is 10.5. The van der Waals surface area contributed by atoms with Crippen LogP contribution in [0, 0.1) is 5.82 Å². The summed E-state index contributed by atoms with van der Waals surface area (Å²) in [5.74, 6) is -0.382. The number of hydrogen-bond donors (Lipinski definition) is 0. The summed E-state index contributed by atoms with van der Waals surface area (Å²) in [4.78, 5) is 3.88. The Hall–Kier alpha value is -1.99. The molecule has 0 spiro atoms.